The van der Waals surface area contributed by atoms with E-state index in [1.165, 1.54) is 57.1 Å². The van der Waals surface area contributed by atoms with Gasteiger partial charge in [0, 0.05) is 0 Å². The molecule has 1 rings (SSSR count). The third kappa shape index (κ3) is 11.5. The molecule has 0 unspecified atom stereocenters. The van der Waals surface area contributed by atoms with E-state index in [1.807, 2.05) is 6.92 Å². The molecule has 3 nitrogen and oxygen atoms in total. The van der Waals surface area contributed by atoms with Crippen molar-refractivity contribution in [3.8, 4) is 0 Å². The third-order valence-electron chi connectivity index (χ3n) is 3.17. The summed E-state index contributed by atoms with van der Waals surface area (Å²) >= 11 is 0. The minimum atomic E-state index is -4.02. The van der Waals surface area contributed by atoms with Crippen molar-refractivity contribution in [3.05, 3.63) is 42.0 Å². The molecule has 0 aromatic heterocycles. The Hall–Kier alpha value is -1.13. The summed E-state index contributed by atoms with van der Waals surface area (Å²) in [6.45, 7) is 6.32. The molecule has 0 aliphatic rings. The smallest absolute Gasteiger partial charge is 0.282 e. The molecule has 1 N–H and O–H groups in total. The maximum Gasteiger partial charge on any atom is 0.294 e. The van der Waals surface area contributed by atoms with Crippen LogP contribution in [0.3, 0.4) is 0 Å². The molecule has 0 aliphatic carbocycles. The number of unbranched alkanes of at least 4 members (excludes halogenated alkanes) is 5. The van der Waals surface area contributed by atoms with Crippen LogP contribution < -0.4 is 0 Å². The van der Waals surface area contributed by atoms with Gasteiger partial charge in [0.1, 0.15) is 0 Å². The Bertz CT molecular complexity index is 502. The van der Waals surface area contributed by atoms with E-state index in [1.54, 1.807) is 12.1 Å². The van der Waals surface area contributed by atoms with Crippen LogP contribution in [0.5, 0.6) is 0 Å². The second kappa shape index (κ2) is 12.4. The topological polar surface area (TPSA) is 54.4 Å². The minimum Gasteiger partial charge on any atom is -0.282 e. The maximum absolute atomic E-state index is 10.5. The standard InChI is InChI=1S/C11H22.C7H8O3S/c1-3-5-7-9-11-10-8-6-4-2;1-6-2-4-7(5-3-6)11(8,9)10/h7,9H,3-6,8,10-11H2,1-2H3;2-5H,1H3,(H,8,9,10). The summed E-state index contributed by atoms with van der Waals surface area (Å²) in [5.74, 6) is 0. The number of hydrogen-bond acceptors (Lipinski definition) is 2. The molecule has 0 aliphatic heterocycles. The van der Waals surface area contributed by atoms with Crippen LogP contribution in [0.15, 0.2) is 41.3 Å². The number of rotatable bonds is 8. The van der Waals surface area contributed by atoms with Crippen molar-refractivity contribution >= 4 is 10.1 Å². The molecule has 0 atom stereocenters. The number of benzene rings is 1. The predicted molar refractivity (Wildman–Crippen MR) is 93.8 cm³/mol. The van der Waals surface area contributed by atoms with Crippen molar-refractivity contribution in [3.63, 3.8) is 0 Å². The molecule has 0 radical (unpaired) electrons. The quantitative estimate of drug-likeness (QED) is 0.387. The molecule has 1 aromatic rings. The lowest BCUT2D eigenvalue weighted by molar-refractivity contribution is 0.483. The second-order valence-electron chi connectivity index (χ2n) is 5.40. The fourth-order valence-electron chi connectivity index (χ4n) is 1.80. The Morgan fingerprint density at radius 1 is 0.909 bits per heavy atom. The van der Waals surface area contributed by atoms with Crippen LogP contribution in [0.25, 0.3) is 0 Å². The molecule has 22 heavy (non-hydrogen) atoms. The van der Waals surface area contributed by atoms with Crippen molar-refractivity contribution in [1.82, 2.24) is 0 Å². The lowest BCUT2D eigenvalue weighted by Gasteiger charge is -1.95. The predicted octanol–water partition coefficient (Wildman–Crippen LogP) is 5.55. The molecule has 0 fully saturated rings. The van der Waals surface area contributed by atoms with Gasteiger partial charge in [0.25, 0.3) is 10.1 Å². The van der Waals surface area contributed by atoms with E-state index in [9.17, 15) is 8.42 Å². The molecule has 1 aromatic carbocycles. The van der Waals surface area contributed by atoms with Gasteiger partial charge in [0.05, 0.1) is 4.90 Å². The van der Waals surface area contributed by atoms with E-state index in [2.05, 4.69) is 26.0 Å². The number of allylic oxidation sites excluding steroid dienone is 2. The Morgan fingerprint density at radius 3 is 2.00 bits per heavy atom. The number of aryl methyl sites for hydroxylation is 1. The SMILES string of the molecule is CCCC=CCCCCCC.Cc1ccc(S(=O)(=O)O)cc1. The first-order valence-electron chi connectivity index (χ1n) is 8.11. The average molecular weight is 327 g/mol. The number of hydrogen-bond donors (Lipinski definition) is 1. The summed E-state index contributed by atoms with van der Waals surface area (Å²) in [5.41, 5.74) is 0.956. The zero-order valence-corrected chi connectivity index (χ0v) is 14.9. The van der Waals surface area contributed by atoms with Crippen molar-refractivity contribution in [1.29, 1.82) is 0 Å². The van der Waals surface area contributed by atoms with Crippen LogP contribution in [0.4, 0.5) is 0 Å². The van der Waals surface area contributed by atoms with Gasteiger partial charge < -0.3 is 0 Å². The first kappa shape index (κ1) is 20.9. The summed E-state index contributed by atoms with van der Waals surface area (Å²) in [6, 6.07) is 5.99. The lowest BCUT2D eigenvalue weighted by Crippen LogP contribution is -1.96. The van der Waals surface area contributed by atoms with Crippen molar-refractivity contribution < 1.29 is 13.0 Å². The summed E-state index contributed by atoms with van der Waals surface area (Å²) in [6.07, 6.45) is 14.0. The molecular weight excluding hydrogens is 296 g/mol. The van der Waals surface area contributed by atoms with Crippen LogP contribution in [0.2, 0.25) is 0 Å². The summed E-state index contributed by atoms with van der Waals surface area (Å²) in [5, 5.41) is 0. The van der Waals surface area contributed by atoms with Gasteiger partial charge in [-0.25, -0.2) is 0 Å². The fourth-order valence-corrected chi connectivity index (χ4v) is 2.28. The molecule has 0 bridgehead atoms. The highest BCUT2D eigenvalue weighted by Crippen LogP contribution is 2.08. The Balaban J connectivity index is 0.000000401. The first-order chi connectivity index (χ1) is 10.4. The van der Waals surface area contributed by atoms with Gasteiger partial charge in [-0.1, -0.05) is 69.4 Å². The highest BCUT2D eigenvalue weighted by Gasteiger charge is 2.06. The monoisotopic (exact) mass is 326 g/mol. The molecule has 0 amide bonds. The zero-order chi connectivity index (χ0) is 16.8. The largest absolute Gasteiger partial charge is 0.294 e. The highest BCUT2D eigenvalue weighted by molar-refractivity contribution is 7.85. The highest BCUT2D eigenvalue weighted by atomic mass is 32.2. The van der Waals surface area contributed by atoms with Gasteiger partial charge in [0.15, 0.2) is 0 Å². The zero-order valence-electron chi connectivity index (χ0n) is 14.1. The molecular formula is C18H30O3S. The lowest BCUT2D eigenvalue weighted by atomic mass is 10.1. The van der Waals surface area contributed by atoms with Crippen LogP contribution in [-0.4, -0.2) is 13.0 Å². The van der Waals surface area contributed by atoms with Gasteiger partial charge >= 0.3 is 0 Å². The van der Waals surface area contributed by atoms with E-state index < -0.39 is 10.1 Å². The first-order valence-corrected chi connectivity index (χ1v) is 9.55. The van der Waals surface area contributed by atoms with Crippen LogP contribution in [0, 0.1) is 6.92 Å². The molecule has 0 spiro atoms. The summed E-state index contributed by atoms with van der Waals surface area (Å²) in [7, 11) is -4.02. The van der Waals surface area contributed by atoms with Crippen LogP contribution in [0.1, 0.15) is 64.4 Å². The van der Waals surface area contributed by atoms with Crippen molar-refractivity contribution in [2.24, 2.45) is 0 Å². The normalized spacial score (nSPS) is 11.3. The van der Waals surface area contributed by atoms with Gasteiger partial charge in [-0.05, 0) is 38.3 Å². The Kier molecular flexibility index (Phi) is 11.8. The van der Waals surface area contributed by atoms with Gasteiger partial charge in [-0.3, -0.25) is 4.55 Å². The fraction of sp³-hybridized carbons (Fsp3) is 0.556. The van der Waals surface area contributed by atoms with Gasteiger partial charge in [-0.2, -0.15) is 8.42 Å². The Labute approximate surface area is 136 Å². The van der Waals surface area contributed by atoms with E-state index in [-0.39, 0.29) is 4.90 Å². The average Bonchev–Trinajstić information content (AvgIpc) is 2.47. The molecule has 0 saturated heterocycles. The van der Waals surface area contributed by atoms with Crippen LogP contribution >= 0.6 is 0 Å². The summed E-state index contributed by atoms with van der Waals surface area (Å²) < 4.78 is 29.6. The second-order valence-corrected chi connectivity index (χ2v) is 6.82. The molecule has 0 heterocycles. The van der Waals surface area contributed by atoms with E-state index in [0.29, 0.717) is 0 Å². The summed E-state index contributed by atoms with van der Waals surface area (Å²) in [4.78, 5) is -0.0666. The van der Waals surface area contributed by atoms with Crippen molar-refractivity contribution in [2.75, 3.05) is 0 Å². The molecule has 4 heteroatoms. The van der Waals surface area contributed by atoms with E-state index in [0.717, 1.165) is 5.56 Å². The molecule has 126 valence electrons. The van der Waals surface area contributed by atoms with E-state index in [4.69, 9.17) is 4.55 Å². The van der Waals surface area contributed by atoms with Crippen LogP contribution in [-0.2, 0) is 10.1 Å². The van der Waals surface area contributed by atoms with Crippen molar-refractivity contribution in [2.45, 2.75) is 70.6 Å². The Morgan fingerprint density at radius 2 is 1.50 bits per heavy atom. The minimum absolute atomic E-state index is 0.0666. The molecule has 0 saturated carbocycles. The van der Waals surface area contributed by atoms with Gasteiger partial charge in [-0.15, -0.1) is 0 Å². The van der Waals surface area contributed by atoms with E-state index >= 15 is 0 Å². The van der Waals surface area contributed by atoms with Gasteiger partial charge in [0.2, 0.25) is 0 Å². The maximum atomic E-state index is 10.5. The third-order valence-corrected chi connectivity index (χ3v) is 4.03.